The van der Waals surface area contributed by atoms with Gasteiger partial charge in [0.25, 0.3) is 5.91 Å². The van der Waals surface area contributed by atoms with E-state index in [9.17, 15) is 4.79 Å². The standard InChI is InChI=1S/C20H24N8O.2ClH/c1-13-22-18(25-23-13)15-3-2-4-16(11-15)20(29)27-8-5-14(6-9-27)19-26-24-17-12-21-7-10-28(17)19;;/h2-4,11,14,21H,5-10,12H2,1H3,(H,22,23,25);2*1H. The summed E-state index contributed by atoms with van der Waals surface area (Å²) < 4.78 is 2.25. The minimum absolute atomic E-state index is 0. The van der Waals surface area contributed by atoms with Gasteiger partial charge in [-0.05, 0) is 31.9 Å². The monoisotopic (exact) mass is 464 g/mol. The third-order valence-corrected chi connectivity index (χ3v) is 5.76. The van der Waals surface area contributed by atoms with Crippen molar-refractivity contribution in [2.75, 3.05) is 19.6 Å². The van der Waals surface area contributed by atoms with Gasteiger partial charge in [0, 0.05) is 43.2 Å². The van der Waals surface area contributed by atoms with Crippen LogP contribution in [0.2, 0.25) is 0 Å². The number of aryl methyl sites for hydroxylation is 1. The van der Waals surface area contributed by atoms with Crippen LogP contribution in [0.15, 0.2) is 24.3 Å². The third kappa shape index (κ3) is 4.58. The molecule has 0 unspecified atom stereocenters. The molecule has 166 valence electrons. The average Bonchev–Trinajstić information content (AvgIpc) is 3.40. The van der Waals surface area contributed by atoms with Crippen molar-refractivity contribution in [1.29, 1.82) is 0 Å². The molecule has 2 aromatic heterocycles. The first-order chi connectivity index (χ1) is 14.2. The van der Waals surface area contributed by atoms with E-state index in [1.807, 2.05) is 36.1 Å². The second-order valence-electron chi connectivity index (χ2n) is 7.69. The lowest BCUT2D eigenvalue weighted by molar-refractivity contribution is 0.0710. The molecule has 31 heavy (non-hydrogen) atoms. The second-order valence-corrected chi connectivity index (χ2v) is 7.69. The highest BCUT2D eigenvalue weighted by Gasteiger charge is 2.29. The molecule has 1 fully saturated rings. The summed E-state index contributed by atoms with van der Waals surface area (Å²) in [5.41, 5.74) is 1.52. The summed E-state index contributed by atoms with van der Waals surface area (Å²) in [6.45, 7) is 5.98. The second kappa shape index (κ2) is 9.76. The normalized spacial score (nSPS) is 16.2. The zero-order valence-electron chi connectivity index (χ0n) is 17.2. The van der Waals surface area contributed by atoms with Crippen LogP contribution in [-0.4, -0.2) is 60.4 Å². The van der Waals surface area contributed by atoms with Crippen molar-refractivity contribution >= 4 is 30.7 Å². The zero-order chi connectivity index (χ0) is 19.8. The number of likely N-dealkylation sites (tertiary alicyclic amines) is 1. The van der Waals surface area contributed by atoms with Crippen LogP contribution < -0.4 is 5.32 Å². The van der Waals surface area contributed by atoms with Crippen molar-refractivity contribution in [3.8, 4) is 11.4 Å². The van der Waals surface area contributed by atoms with Crippen LogP contribution in [0.1, 0.15) is 46.6 Å². The number of hydrogen-bond acceptors (Lipinski definition) is 6. The lowest BCUT2D eigenvalue weighted by Crippen LogP contribution is -2.39. The number of aromatic nitrogens is 6. The summed E-state index contributed by atoms with van der Waals surface area (Å²) in [5, 5.41) is 19.1. The summed E-state index contributed by atoms with van der Waals surface area (Å²) in [6.07, 6.45) is 1.83. The Hall–Kier alpha value is -2.49. The van der Waals surface area contributed by atoms with Gasteiger partial charge in [0.1, 0.15) is 17.5 Å². The molecular formula is C20H26Cl2N8O. The SMILES string of the molecule is Cc1nc(-c2cccc(C(=O)N3CCC(c4nnc5n4CCNC5)CC3)c2)n[nH]1.Cl.Cl. The summed E-state index contributed by atoms with van der Waals surface area (Å²) >= 11 is 0. The van der Waals surface area contributed by atoms with Gasteiger partial charge in [0.05, 0.1) is 6.54 Å². The Kier molecular flexibility index (Phi) is 7.30. The Morgan fingerprint density at radius 2 is 1.94 bits per heavy atom. The van der Waals surface area contributed by atoms with Gasteiger partial charge in [-0.3, -0.25) is 9.89 Å². The molecule has 2 aliphatic rings. The first-order valence-electron chi connectivity index (χ1n) is 10.1. The first-order valence-corrected chi connectivity index (χ1v) is 10.1. The van der Waals surface area contributed by atoms with E-state index in [1.54, 1.807) is 0 Å². The molecule has 0 aliphatic carbocycles. The van der Waals surface area contributed by atoms with Gasteiger partial charge in [-0.25, -0.2) is 4.98 Å². The van der Waals surface area contributed by atoms with Crippen molar-refractivity contribution in [2.45, 2.75) is 38.8 Å². The predicted molar refractivity (Wildman–Crippen MR) is 121 cm³/mol. The lowest BCUT2D eigenvalue weighted by atomic mass is 9.95. The number of aromatic amines is 1. The number of rotatable bonds is 3. The maximum atomic E-state index is 13.1. The maximum Gasteiger partial charge on any atom is 0.253 e. The molecule has 0 saturated carbocycles. The minimum atomic E-state index is 0. The Balaban J connectivity index is 0.00000136. The van der Waals surface area contributed by atoms with Gasteiger partial charge in [0.2, 0.25) is 0 Å². The maximum absolute atomic E-state index is 13.1. The van der Waals surface area contributed by atoms with Crippen molar-refractivity contribution in [2.24, 2.45) is 0 Å². The van der Waals surface area contributed by atoms with E-state index in [2.05, 4.69) is 35.3 Å². The van der Waals surface area contributed by atoms with E-state index < -0.39 is 0 Å². The molecule has 3 aromatic rings. The molecule has 0 spiro atoms. The largest absolute Gasteiger partial charge is 0.339 e. The molecule has 1 aromatic carbocycles. The lowest BCUT2D eigenvalue weighted by Gasteiger charge is -2.32. The predicted octanol–water partition coefficient (Wildman–Crippen LogP) is 2.34. The molecule has 9 nitrogen and oxygen atoms in total. The molecule has 0 atom stereocenters. The Labute approximate surface area is 192 Å². The molecule has 1 saturated heterocycles. The van der Waals surface area contributed by atoms with Crippen LogP contribution in [0.3, 0.4) is 0 Å². The summed E-state index contributed by atoms with van der Waals surface area (Å²) in [7, 11) is 0. The minimum Gasteiger partial charge on any atom is -0.339 e. The highest BCUT2D eigenvalue weighted by atomic mass is 35.5. The number of nitrogens with zero attached hydrogens (tertiary/aromatic N) is 6. The molecule has 2 N–H and O–H groups in total. The number of carbonyl (C=O) groups excluding carboxylic acids is 1. The fourth-order valence-corrected chi connectivity index (χ4v) is 4.20. The van der Waals surface area contributed by atoms with E-state index in [-0.39, 0.29) is 30.7 Å². The highest BCUT2D eigenvalue weighted by Crippen LogP contribution is 2.29. The van der Waals surface area contributed by atoms with Gasteiger partial charge >= 0.3 is 0 Å². The van der Waals surface area contributed by atoms with E-state index in [1.165, 1.54) is 0 Å². The van der Waals surface area contributed by atoms with Gasteiger partial charge in [-0.2, -0.15) is 5.10 Å². The van der Waals surface area contributed by atoms with Crippen LogP contribution in [0.5, 0.6) is 0 Å². The number of fused-ring (bicyclic) bond motifs is 1. The van der Waals surface area contributed by atoms with Crippen molar-refractivity contribution in [3.05, 3.63) is 47.3 Å². The molecule has 0 radical (unpaired) electrons. The van der Waals surface area contributed by atoms with E-state index in [0.29, 0.717) is 17.3 Å². The topological polar surface area (TPSA) is 105 Å². The number of carbonyl (C=O) groups is 1. The molecule has 4 heterocycles. The number of piperidine rings is 1. The number of amides is 1. The smallest absolute Gasteiger partial charge is 0.253 e. The molecule has 2 aliphatic heterocycles. The number of halogens is 2. The summed E-state index contributed by atoms with van der Waals surface area (Å²) in [5.74, 6) is 3.89. The Bertz CT molecular complexity index is 1040. The van der Waals surface area contributed by atoms with Crippen LogP contribution in [-0.2, 0) is 13.1 Å². The zero-order valence-corrected chi connectivity index (χ0v) is 18.9. The van der Waals surface area contributed by atoms with Crippen LogP contribution in [0, 0.1) is 6.92 Å². The van der Waals surface area contributed by atoms with Crippen molar-refractivity contribution in [1.82, 2.24) is 40.2 Å². The summed E-state index contributed by atoms with van der Waals surface area (Å²) in [6, 6.07) is 7.55. The highest BCUT2D eigenvalue weighted by molar-refractivity contribution is 5.95. The summed E-state index contributed by atoms with van der Waals surface area (Å²) in [4.78, 5) is 19.3. The molecule has 11 heteroatoms. The third-order valence-electron chi connectivity index (χ3n) is 5.76. The molecule has 1 amide bonds. The van der Waals surface area contributed by atoms with E-state index in [4.69, 9.17) is 0 Å². The first kappa shape index (κ1) is 23.2. The van der Waals surface area contributed by atoms with Crippen molar-refractivity contribution < 1.29 is 4.79 Å². The van der Waals surface area contributed by atoms with Crippen LogP contribution in [0.25, 0.3) is 11.4 Å². The van der Waals surface area contributed by atoms with E-state index in [0.717, 1.165) is 68.6 Å². The number of hydrogen-bond donors (Lipinski definition) is 2. The number of H-pyrrole nitrogens is 1. The van der Waals surface area contributed by atoms with Crippen LogP contribution >= 0.6 is 24.8 Å². The molecule has 5 rings (SSSR count). The Morgan fingerprint density at radius 3 is 2.68 bits per heavy atom. The van der Waals surface area contributed by atoms with Gasteiger partial charge < -0.3 is 14.8 Å². The fraction of sp³-hybridized carbons (Fsp3) is 0.450. The average molecular weight is 465 g/mol. The quantitative estimate of drug-likeness (QED) is 0.616. The van der Waals surface area contributed by atoms with Gasteiger partial charge in [-0.15, -0.1) is 35.0 Å². The van der Waals surface area contributed by atoms with Gasteiger partial charge in [0.15, 0.2) is 5.82 Å². The van der Waals surface area contributed by atoms with Crippen LogP contribution in [0.4, 0.5) is 0 Å². The molecule has 0 bridgehead atoms. The van der Waals surface area contributed by atoms with Crippen molar-refractivity contribution in [3.63, 3.8) is 0 Å². The Morgan fingerprint density at radius 1 is 1.13 bits per heavy atom. The van der Waals surface area contributed by atoms with Gasteiger partial charge in [-0.1, -0.05) is 12.1 Å². The number of benzene rings is 1. The van der Waals surface area contributed by atoms with E-state index >= 15 is 0 Å². The number of nitrogens with one attached hydrogen (secondary N) is 2. The molecular weight excluding hydrogens is 439 g/mol. The fourth-order valence-electron chi connectivity index (χ4n) is 4.20.